The highest BCUT2D eigenvalue weighted by atomic mass is 16.6. The van der Waals surface area contributed by atoms with Crippen LogP contribution in [-0.4, -0.2) is 26.6 Å². The molecule has 0 radical (unpaired) electrons. The Hall–Kier alpha value is -1.78. The van der Waals surface area contributed by atoms with Crippen molar-refractivity contribution >= 4 is 5.71 Å². The third-order valence-electron chi connectivity index (χ3n) is 1.37. The Balaban J connectivity index is 3.04. The van der Waals surface area contributed by atoms with E-state index in [-0.39, 0.29) is 11.4 Å². The van der Waals surface area contributed by atoms with Crippen molar-refractivity contribution in [2.45, 2.75) is 6.10 Å². The van der Waals surface area contributed by atoms with E-state index in [1.807, 2.05) is 0 Å². The fraction of sp³-hybridized carbons (Fsp3) is 0.167. The van der Waals surface area contributed by atoms with Crippen LogP contribution in [0.1, 0.15) is 0 Å². The maximum Gasteiger partial charge on any atom is 0.330 e. The summed E-state index contributed by atoms with van der Waals surface area (Å²) in [4.78, 5) is 12.3. The van der Waals surface area contributed by atoms with Crippen LogP contribution in [0, 0.1) is 10.1 Å². The molecule has 0 saturated carbocycles. The molecule has 0 amide bonds. The lowest BCUT2D eigenvalue weighted by Crippen LogP contribution is -2.21. The van der Waals surface area contributed by atoms with Crippen molar-refractivity contribution in [3.63, 3.8) is 0 Å². The fourth-order valence-electron chi connectivity index (χ4n) is 0.775. The third kappa shape index (κ3) is 1.45. The van der Waals surface area contributed by atoms with Gasteiger partial charge >= 0.3 is 5.71 Å². The van der Waals surface area contributed by atoms with Crippen molar-refractivity contribution < 1.29 is 14.8 Å². The lowest BCUT2D eigenvalue weighted by Gasteiger charge is -2.00. The van der Waals surface area contributed by atoms with Crippen LogP contribution in [0.5, 0.6) is 0 Å². The molecule has 0 aromatic rings. The van der Waals surface area contributed by atoms with Crippen LogP contribution in [0.15, 0.2) is 23.9 Å². The van der Waals surface area contributed by atoms with Crippen LogP contribution in [0.25, 0.3) is 5.53 Å². The average Bonchev–Trinajstić information content (AvgIpc) is 2.05. The Morgan fingerprint density at radius 3 is 2.92 bits per heavy atom. The first-order valence-corrected chi connectivity index (χ1v) is 3.09. The Morgan fingerprint density at radius 1 is 1.75 bits per heavy atom. The monoisotopic (exact) mass is 167 g/mol. The quantitative estimate of drug-likeness (QED) is 0.252. The normalized spacial score (nSPS) is 21.6. The van der Waals surface area contributed by atoms with E-state index in [1.165, 1.54) is 6.08 Å². The van der Waals surface area contributed by atoms with Gasteiger partial charge in [-0.25, -0.2) is 0 Å². The molecule has 6 nitrogen and oxygen atoms in total. The summed E-state index contributed by atoms with van der Waals surface area (Å²) in [5, 5.41) is 19.2. The molecular weight excluding hydrogens is 162 g/mol. The van der Waals surface area contributed by atoms with Crippen molar-refractivity contribution in [1.29, 1.82) is 0 Å². The smallest absolute Gasteiger partial charge is 0.330 e. The number of rotatable bonds is 1. The summed E-state index contributed by atoms with van der Waals surface area (Å²) < 4.78 is 0. The summed E-state index contributed by atoms with van der Waals surface area (Å²) in [5.41, 5.74) is 7.94. The number of allylic oxidation sites excluding steroid dienone is 1. The molecule has 1 aliphatic carbocycles. The number of nitrogens with zero attached hydrogens (tertiary/aromatic N) is 3. The van der Waals surface area contributed by atoms with E-state index in [2.05, 4.69) is 4.79 Å². The number of aliphatic hydroxyl groups excluding tert-OH is 1. The molecule has 12 heavy (non-hydrogen) atoms. The highest BCUT2D eigenvalue weighted by Crippen LogP contribution is 2.07. The first-order chi connectivity index (χ1) is 5.65. The molecule has 62 valence electrons. The highest BCUT2D eigenvalue weighted by Gasteiger charge is 2.24. The van der Waals surface area contributed by atoms with Crippen LogP contribution in [0.2, 0.25) is 0 Å². The molecule has 0 saturated heterocycles. The minimum absolute atomic E-state index is 0.135. The molecule has 6 heteroatoms. The average molecular weight is 167 g/mol. The number of nitro groups is 1. The van der Waals surface area contributed by atoms with Crippen LogP contribution < -0.4 is 0 Å². The summed E-state index contributed by atoms with van der Waals surface area (Å²) in [5.74, 6) is 0. The van der Waals surface area contributed by atoms with Gasteiger partial charge in [0.2, 0.25) is 0 Å². The topological polar surface area (TPSA) is 99.8 Å². The second-order valence-electron chi connectivity index (χ2n) is 2.16. The fourth-order valence-corrected chi connectivity index (χ4v) is 0.775. The van der Waals surface area contributed by atoms with Crippen LogP contribution >= 0.6 is 0 Å². The molecule has 1 unspecified atom stereocenters. The maximum atomic E-state index is 10.2. The molecule has 1 rings (SSSR count). The SMILES string of the molecule is [N-]=[N+]=C1C=C([N+](=O)[O-])C=CC1O. The van der Waals surface area contributed by atoms with Crippen molar-refractivity contribution in [1.82, 2.24) is 0 Å². The molecular formula is C6H5N3O3. The van der Waals surface area contributed by atoms with Crippen molar-refractivity contribution in [2.24, 2.45) is 0 Å². The van der Waals surface area contributed by atoms with Crippen molar-refractivity contribution in [3.05, 3.63) is 39.6 Å². The predicted octanol–water partition coefficient (Wildman–Crippen LogP) is -0.252. The Morgan fingerprint density at radius 2 is 2.42 bits per heavy atom. The second-order valence-corrected chi connectivity index (χ2v) is 2.16. The van der Waals surface area contributed by atoms with Gasteiger partial charge in [0.1, 0.15) is 6.08 Å². The molecule has 1 aliphatic rings. The number of aliphatic hydroxyl groups is 1. The van der Waals surface area contributed by atoms with Gasteiger partial charge in [0.25, 0.3) is 5.70 Å². The zero-order valence-electron chi connectivity index (χ0n) is 5.91. The zero-order chi connectivity index (χ0) is 9.14. The lowest BCUT2D eigenvalue weighted by atomic mass is 10.1. The molecule has 0 heterocycles. The van der Waals surface area contributed by atoms with E-state index >= 15 is 0 Å². The van der Waals surface area contributed by atoms with Gasteiger partial charge in [0.15, 0.2) is 6.10 Å². The highest BCUT2D eigenvalue weighted by molar-refractivity contribution is 5.97. The van der Waals surface area contributed by atoms with E-state index in [4.69, 9.17) is 10.6 Å². The summed E-state index contributed by atoms with van der Waals surface area (Å²) >= 11 is 0. The third-order valence-corrected chi connectivity index (χ3v) is 1.37. The van der Waals surface area contributed by atoms with Crippen molar-refractivity contribution in [2.75, 3.05) is 0 Å². The van der Waals surface area contributed by atoms with Crippen LogP contribution in [0.4, 0.5) is 0 Å². The minimum Gasteiger partial charge on any atom is -0.377 e. The van der Waals surface area contributed by atoms with Crippen LogP contribution in [-0.2, 0) is 0 Å². The van der Waals surface area contributed by atoms with E-state index in [0.29, 0.717) is 0 Å². The molecule has 0 bridgehead atoms. The van der Waals surface area contributed by atoms with Gasteiger partial charge in [-0.3, -0.25) is 10.1 Å². The van der Waals surface area contributed by atoms with E-state index < -0.39 is 11.0 Å². The van der Waals surface area contributed by atoms with Gasteiger partial charge in [-0.1, -0.05) is 0 Å². The number of hydrogen-bond acceptors (Lipinski definition) is 3. The van der Waals surface area contributed by atoms with Gasteiger partial charge in [-0.05, 0) is 6.08 Å². The summed E-state index contributed by atoms with van der Waals surface area (Å²) in [7, 11) is 0. The van der Waals surface area contributed by atoms with Gasteiger partial charge in [-0.15, -0.1) is 0 Å². The first kappa shape index (κ1) is 8.32. The predicted molar refractivity (Wildman–Crippen MR) is 38.9 cm³/mol. The summed E-state index contributed by atoms with van der Waals surface area (Å²) in [6, 6.07) is 0. The molecule has 0 aliphatic heterocycles. The molecule has 1 N–H and O–H groups in total. The van der Waals surface area contributed by atoms with E-state index in [0.717, 1.165) is 12.2 Å². The Labute approximate surface area is 67.2 Å². The van der Waals surface area contributed by atoms with Gasteiger partial charge in [-0.2, -0.15) is 4.79 Å². The Bertz CT molecular complexity index is 325. The van der Waals surface area contributed by atoms with Gasteiger partial charge in [0, 0.05) is 6.08 Å². The van der Waals surface area contributed by atoms with Gasteiger partial charge in [0.05, 0.1) is 4.92 Å². The number of hydrogen-bond donors (Lipinski definition) is 1. The standard InChI is InChI=1S/C6H5N3O3/c7-8-5-3-4(9(11)12)1-2-6(5)10/h1-3,6,10H. The molecule has 0 fully saturated rings. The molecule has 0 spiro atoms. The summed E-state index contributed by atoms with van der Waals surface area (Å²) in [6.07, 6.45) is 2.26. The molecule has 0 aromatic carbocycles. The van der Waals surface area contributed by atoms with Gasteiger partial charge < -0.3 is 10.6 Å². The summed E-state index contributed by atoms with van der Waals surface area (Å²) in [6.45, 7) is 0. The Kier molecular flexibility index (Phi) is 2.14. The van der Waals surface area contributed by atoms with Crippen molar-refractivity contribution in [3.8, 4) is 0 Å². The lowest BCUT2D eigenvalue weighted by molar-refractivity contribution is -0.419. The van der Waals surface area contributed by atoms with E-state index in [1.54, 1.807) is 0 Å². The molecule has 1 atom stereocenters. The molecule has 0 aromatic heterocycles. The van der Waals surface area contributed by atoms with E-state index in [9.17, 15) is 10.1 Å². The first-order valence-electron chi connectivity index (χ1n) is 3.09. The largest absolute Gasteiger partial charge is 0.377 e. The maximum absolute atomic E-state index is 10.2. The second kappa shape index (κ2) is 3.08. The van der Waals surface area contributed by atoms with Crippen LogP contribution in [0.3, 0.4) is 0 Å². The zero-order valence-corrected chi connectivity index (χ0v) is 5.91. The minimum atomic E-state index is -1.07.